The van der Waals surface area contributed by atoms with E-state index in [1.165, 1.54) is 28.4 Å². The van der Waals surface area contributed by atoms with Crippen LogP contribution in [0.1, 0.15) is 67.6 Å². The number of hydrogen-bond donors (Lipinski definition) is 0. The number of Topliss-reactive ketones (excluding diaryl/α,β-unsaturated/α-hetero) is 2. The molecular weight excluding hydrogens is 817 g/mol. The Morgan fingerprint density at radius 2 is 0.797 bits per heavy atom. The first-order valence-corrected chi connectivity index (χ1v) is 20.4. The van der Waals surface area contributed by atoms with Crippen molar-refractivity contribution in [1.82, 2.24) is 0 Å². The molecule has 6 aromatic carbocycles. The minimum Gasteiger partial charge on any atom is -0.497 e. The van der Waals surface area contributed by atoms with Gasteiger partial charge in [0.15, 0.2) is 0 Å². The lowest BCUT2D eigenvalue weighted by molar-refractivity contribution is -0.109. The molecule has 0 saturated carbocycles. The third kappa shape index (κ3) is 7.87. The molecule has 2 aliphatic rings. The Labute approximate surface area is 371 Å². The number of aldehydes is 2. The Kier molecular flexibility index (Phi) is 13.3. The molecule has 8 rings (SSSR count). The predicted molar refractivity (Wildman–Crippen MR) is 238 cm³/mol. The van der Waals surface area contributed by atoms with Crippen LogP contribution in [0.3, 0.4) is 0 Å². The van der Waals surface area contributed by atoms with Crippen molar-refractivity contribution in [2.45, 2.75) is 35.9 Å². The highest BCUT2D eigenvalue weighted by Gasteiger charge is 2.58. The fraction of sp³-hybridized carbons (Fsp3) is 0.231. The van der Waals surface area contributed by atoms with Crippen molar-refractivity contribution in [3.05, 3.63) is 167 Å². The van der Waals surface area contributed by atoms with Crippen LogP contribution in [0.2, 0.25) is 0 Å². The van der Waals surface area contributed by atoms with Crippen LogP contribution in [0.4, 0.5) is 0 Å². The van der Waals surface area contributed by atoms with E-state index in [0.717, 1.165) is 23.7 Å². The molecule has 12 nitrogen and oxygen atoms in total. The van der Waals surface area contributed by atoms with E-state index in [1.807, 2.05) is 60.7 Å². The van der Waals surface area contributed by atoms with Crippen LogP contribution >= 0.6 is 0 Å². The summed E-state index contributed by atoms with van der Waals surface area (Å²) in [4.78, 5) is 51.9. The molecule has 0 spiro atoms. The van der Waals surface area contributed by atoms with Gasteiger partial charge in [0.1, 0.15) is 69.7 Å². The molecule has 328 valence electrons. The summed E-state index contributed by atoms with van der Waals surface area (Å²) in [6, 6.07) is 39.8. The summed E-state index contributed by atoms with van der Waals surface area (Å²) in [5.41, 5.74) is 0.622. The van der Waals surface area contributed by atoms with E-state index in [1.54, 1.807) is 87.0 Å². The van der Waals surface area contributed by atoms with Gasteiger partial charge in [-0.1, -0.05) is 84.9 Å². The summed E-state index contributed by atoms with van der Waals surface area (Å²) in [6.07, 6.45) is 1.82. The Bertz CT molecular complexity index is 2430. The first-order chi connectivity index (χ1) is 31.2. The molecular formula is C52H48O12. The molecule has 4 atom stereocenters. The van der Waals surface area contributed by atoms with E-state index >= 15 is 0 Å². The van der Waals surface area contributed by atoms with Crippen LogP contribution in [-0.2, 0) is 20.8 Å². The fourth-order valence-corrected chi connectivity index (χ4v) is 8.66. The zero-order valence-corrected chi connectivity index (χ0v) is 36.3. The first-order valence-electron chi connectivity index (χ1n) is 20.4. The molecule has 0 N–H and O–H groups in total. The lowest BCUT2D eigenvalue weighted by atomic mass is 9.72. The Hall–Kier alpha value is -7.60. The van der Waals surface area contributed by atoms with Crippen molar-refractivity contribution < 1.29 is 57.1 Å². The van der Waals surface area contributed by atoms with Crippen LogP contribution in [0, 0.1) is 0 Å². The first kappa shape index (κ1) is 44.5. The number of carbonyl (C=O) groups is 4. The number of fused-ring (bicyclic) bond motifs is 2. The number of hydrogen-bond acceptors (Lipinski definition) is 12. The highest BCUT2D eigenvalue weighted by atomic mass is 16.5. The Balaban J connectivity index is 0.000000191. The average Bonchev–Trinajstić information content (AvgIpc) is 3.82. The number of benzene rings is 6. The molecule has 2 heterocycles. The van der Waals surface area contributed by atoms with Crippen molar-refractivity contribution in [3.63, 3.8) is 0 Å². The number of rotatable bonds is 16. The summed E-state index contributed by atoms with van der Waals surface area (Å²) < 4.78 is 45.4. The van der Waals surface area contributed by atoms with Gasteiger partial charge in [-0.3, -0.25) is 9.59 Å². The van der Waals surface area contributed by atoms with Crippen molar-refractivity contribution >= 4 is 24.1 Å². The average molecular weight is 865 g/mol. The van der Waals surface area contributed by atoms with Crippen molar-refractivity contribution in [1.29, 1.82) is 0 Å². The summed E-state index contributed by atoms with van der Waals surface area (Å²) in [5, 5.41) is 0. The summed E-state index contributed by atoms with van der Waals surface area (Å²) in [6.45, 7) is 0. The largest absolute Gasteiger partial charge is 0.497 e. The van der Waals surface area contributed by atoms with Gasteiger partial charge in [-0.05, 0) is 35.4 Å². The monoisotopic (exact) mass is 864 g/mol. The zero-order valence-electron chi connectivity index (χ0n) is 36.3. The molecule has 0 bridgehead atoms. The number of ether oxygens (including phenoxy) is 8. The van der Waals surface area contributed by atoms with Gasteiger partial charge in [-0.15, -0.1) is 0 Å². The van der Waals surface area contributed by atoms with Gasteiger partial charge >= 0.3 is 0 Å². The normalized spacial score (nSPS) is 17.8. The second kappa shape index (κ2) is 19.2. The van der Waals surface area contributed by atoms with Crippen molar-refractivity contribution in [2.75, 3.05) is 42.7 Å². The molecule has 0 radical (unpaired) electrons. The second-order valence-corrected chi connectivity index (χ2v) is 14.9. The summed E-state index contributed by atoms with van der Waals surface area (Å²) >= 11 is 0. The van der Waals surface area contributed by atoms with Gasteiger partial charge < -0.3 is 47.5 Å². The molecule has 6 aromatic rings. The van der Waals surface area contributed by atoms with Gasteiger partial charge in [-0.25, -0.2) is 0 Å². The maximum atomic E-state index is 14.1. The smallest absolute Gasteiger partial charge is 0.219 e. The predicted octanol–water partition coefficient (Wildman–Crippen LogP) is 9.11. The van der Waals surface area contributed by atoms with E-state index in [0.29, 0.717) is 68.2 Å². The van der Waals surface area contributed by atoms with E-state index in [2.05, 4.69) is 0 Å². The highest BCUT2D eigenvalue weighted by molar-refractivity contribution is 6.12. The third-order valence-electron chi connectivity index (χ3n) is 11.7. The van der Waals surface area contributed by atoms with Gasteiger partial charge in [0.25, 0.3) is 0 Å². The maximum absolute atomic E-state index is 14.1. The minimum absolute atomic E-state index is 0.0925. The second-order valence-electron chi connectivity index (χ2n) is 14.9. The summed E-state index contributed by atoms with van der Waals surface area (Å²) in [5.74, 6) is 2.07. The fourth-order valence-electron chi connectivity index (χ4n) is 8.66. The summed E-state index contributed by atoms with van der Waals surface area (Å²) in [7, 11) is 9.22. The Morgan fingerprint density at radius 1 is 0.453 bits per heavy atom. The van der Waals surface area contributed by atoms with E-state index in [4.69, 9.17) is 37.9 Å². The molecule has 2 aliphatic heterocycles. The molecule has 0 fully saturated rings. The molecule has 12 heteroatoms. The van der Waals surface area contributed by atoms with E-state index in [9.17, 15) is 19.2 Å². The maximum Gasteiger partial charge on any atom is 0.219 e. The van der Waals surface area contributed by atoms with Gasteiger partial charge in [0.2, 0.25) is 22.8 Å². The quantitative estimate of drug-likeness (QED) is 0.0857. The van der Waals surface area contributed by atoms with Crippen LogP contribution in [-0.4, -0.2) is 66.8 Å². The lowest BCUT2D eigenvalue weighted by Crippen LogP contribution is -2.43. The van der Waals surface area contributed by atoms with Crippen molar-refractivity contribution in [2.24, 2.45) is 0 Å². The molecule has 0 aliphatic carbocycles. The molecule has 0 saturated heterocycles. The van der Waals surface area contributed by atoms with Crippen LogP contribution in [0.25, 0.3) is 0 Å². The number of ketones is 2. The number of methoxy groups -OCH3 is 6. The van der Waals surface area contributed by atoms with Crippen molar-refractivity contribution in [3.8, 4) is 46.0 Å². The van der Waals surface area contributed by atoms with Gasteiger partial charge in [0.05, 0.1) is 42.7 Å². The minimum atomic E-state index is -1.46. The zero-order chi connectivity index (χ0) is 45.4. The lowest BCUT2D eigenvalue weighted by Gasteiger charge is -2.35. The SMILES string of the molecule is COc1ccc([C@@]2([C@@H](CC=O)c3ccccc3)Oc3cc(OC)cc(OC)c3C2=O)cc1.COc1ccc([C@@]2([C@H](CC=O)c3ccccc3)Oc3cc(OC)cc(OC)c3C2=O)cc1. The van der Waals surface area contributed by atoms with Crippen LogP contribution < -0.4 is 37.9 Å². The topological polar surface area (TPSA) is 142 Å². The molecule has 0 amide bonds. The van der Waals surface area contributed by atoms with Gasteiger partial charge in [-0.2, -0.15) is 0 Å². The van der Waals surface area contributed by atoms with Gasteiger partial charge in [0, 0.05) is 60.1 Å². The molecule has 0 aromatic heterocycles. The molecule has 64 heavy (non-hydrogen) atoms. The molecule has 0 unspecified atom stereocenters. The number of carbonyl (C=O) groups excluding carboxylic acids is 4. The van der Waals surface area contributed by atoms with E-state index < -0.39 is 23.0 Å². The van der Waals surface area contributed by atoms with E-state index in [-0.39, 0.29) is 24.4 Å². The van der Waals surface area contributed by atoms with Crippen LogP contribution in [0.15, 0.2) is 133 Å². The standard InChI is InChI=1S/2C26H24O6/c2*1-29-19-11-9-18(10-12-19)26(21(13-14-27)17-7-5-4-6-8-17)25(28)24-22(31-3)15-20(30-2)16-23(24)32-26/h2*4-12,14-16,21H,13H2,1-3H3/t21-,26+;21-,26-/m10/s1. The van der Waals surface area contributed by atoms with Crippen LogP contribution in [0.5, 0.6) is 46.0 Å². The Morgan fingerprint density at radius 3 is 1.09 bits per heavy atom. The highest BCUT2D eigenvalue weighted by Crippen LogP contribution is 2.55. The third-order valence-corrected chi connectivity index (χ3v) is 11.7.